The predicted octanol–water partition coefficient (Wildman–Crippen LogP) is 2.06. The molecule has 0 spiro atoms. The lowest BCUT2D eigenvalue weighted by molar-refractivity contribution is -0.143. The summed E-state index contributed by atoms with van der Waals surface area (Å²) in [5.41, 5.74) is 0.104. The first-order chi connectivity index (χ1) is 11.1. The molecule has 0 saturated carbocycles. The van der Waals surface area contributed by atoms with E-state index in [9.17, 15) is 22.6 Å². The number of carbonyl (C=O) groups is 2. The fourth-order valence-electron chi connectivity index (χ4n) is 2.62. The Morgan fingerprint density at radius 3 is 2.62 bits per heavy atom. The second-order valence-corrected chi connectivity index (χ2v) is 7.75. The van der Waals surface area contributed by atoms with E-state index >= 15 is 0 Å². The topological polar surface area (TPSA) is 110 Å². The molecule has 7 nitrogen and oxygen atoms in total. The highest BCUT2D eigenvalue weighted by Crippen LogP contribution is 2.37. The first-order valence-corrected chi connectivity index (χ1v) is 9.09. The minimum absolute atomic E-state index is 0.0581. The van der Waals surface area contributed by atoms with Gasteiger partial charge in [0.1, 0.15) is 4.90 Å². The van der Waals surface area contributed by atoms with Crippen molar-refractivity contribution < 1.29 is 27.3 Å². The Balaban J connectivity index is 2.47. The molecule has 0 unspecified atom stereocenters. The van der Waals surface area contributed by atoms with Gasteiger partial charge in [0.05, 0.1) is 12.3 Å². The summed E-state index contributed by atoms with van der Waals surface area (Å²) >= 11 is 0. The lowest BCUT2D eigenvalue weighted by Crippen LogP contribution is -2.38. The van der Waals surface area contributed by atoms with Crippen LogP contribution in [0.5, 0.6) is 0 Å². The van der Waals surface area contributed by atoms with E-state index in [1.807, 2.05) is 0 Å². The second kappa shape index (κ2) is 6.52. The molecule has 8 heteroatoms. The summed E-state index contributed by atoms with van der Waals surface area (Å²) in [7, 11) is -4.51. The van der Waals surface area contributed by atoms with E-state index in [2.05, 4.69) is 5.32 Å². The van der Waals surface area contributed by atoms with Gasteiger partial charge in [0, 0.05) is 23.9 Å². The maximum absolute atomic E-state index is 12.6. The van der Waals surface area contributed by atoms with E-state index < -0.39 is 21.5 Å². The number of hydrogen-bond donors (Lipinski definition) is 2. The molecule has 0 bridgehead atoms. The highest BCUT2D eigenvalue weighted by molar-refractivity contribution is 7.86. The number of ketones is 1. The summed E-state index contributed by atoms with van der Waals surface area (Å²) in [5.74, 6) is -0.618. The van der Waals surface area contributed by atoms with Gasteiger partial charge in [-0.1, -0.05) is 13.8 Å². The zero-order valence-electron chi connectivity index (χ0n) is 13.9. The summed E-state index contributed by atoms with van der Waals surface area (Å²) < 4.78 is 37.7. The molecule has 0 atom stereocenters. The Morgan fingerprint density at radius 1 is 1.38 bits per heavy atom. The van der Waals surface area contributed by atoms with E-state index in [1.165, 1.54) is 6.07 Å². The highest BCUT2D eigenvalue weighted by atomic mass is 32.2. The van der Waals surface area contributed by atoms with Gasteiger partial charge >= 0.3 is 5.97 Å². The van der Waals surface area contributed by atoms with Gasteiger partial charge in [-0.05, 0) is 31.0 Å². The first-order valence-electron chi connectivity index (χ1n) is 7.65. The summed E-state index contributed by atoms with van der Waals surface area (Å²) in [5, 5.41) is 2.92. The number of nitrogens with one attached hydrogen (secondary N) is 1. The van der Waals surface area contributed by atoms with Gasteiger partial charge in [-0.25, -0.2) is 0 Å². The van der Waals surface area contributed by atoms with E-state index in [-0.39, 0.29) is 47.9 Å². The smallest absolute Gasteiger partial charge is 0.306 e. The summed E-state index contributed by atoms with van der Waals surface area (Å²) in [4.78, 5) is 23.7. The minimum Gasteiger partial charge on any atom is -0.466 e. The van der Waals surface area contributed by atoms with Gasteiger partial charge in [0.25, 0.3) is 10.1 Å². The van der Waals surface area contributed by atoms with Crippen LogP contribution in [0.3, 0.4) is 0 Å². The molecule has 132 valence electrons. The van der Waals surface area contributed by atoms with Crippen LogP contribution < -0.4 is 5.32 Å². The largest absolute Gasteiger partial charge is 0.466 e. The maximum Gasteiger partial charge on any atom is 0.306 e. The number of fused-ring (bicyclic) bond motifs is 1. The molecule has 1 heterocycles. The van der Waals surface area contributed by atoms with Crippen molar-refractivity contribution in [2.75, 3.05) is 18.5 Å². The van der Waals surface area contributed by atoms with Gasteiger partial charge in [-0.3, -0.25) is 14.1 Å². The zero-order chi connectivity index (χ0) is 18.1. The van der Waals surface area contributed by atoms with Gasteiger partial charge in [-0.15, -0.1) is 0 Å². The van der Waals surface area contributed by atoms with Crippen molar-refractivity contribution in [1.82, 2.24) is 0 Å². The van der Waals surface area contributed by atoms with Crippen LogP contribution in [0.1, 0.15) is 43.1 Å². The van der Waals surface area contributed by atoms with Crippen LogP contribution in [0.2, 0.25) is 0 Å². The summed E-state index contributed by atoms with van der Waals surface area (Å²) in [6.07, 6.45) is 0.269. The van der Waals surface area contributed by atoms with Crippen molar-refractivity contribution in [3.05, 3.63) is 23.3 Å². The number of Topliss-reactive ketones (excluding diaryl/α,β-unsaturated/α-hetero) is 1. The molecule has 0 amide bonds. The van der Waals surface area contributed by atoms with Crippen LogP contribution in [0.15, 0.2) is 17.0 Å². The quantitative estimate of drug-likeness (QED) is 0.614. The number of rotatable bonds is 5. The number of aryl methyl sites for hydroxylation is 1. The zero-order valence-corrected chi connectivity index (χ0v) is 14.7. The van der Waals surface area contributed by atoms with Crippen molar-refractivity contribution in [1.29, 1.82) is 0 Å². The molecular formula is C16H21NO6S. The normalized spacial score (nSPS) is 16.2. The summed E-state index contributed by atoms with van der Waals surface area (Å²) in [6.45, 7) is 5.73. The Labute approximate surface area is 141 Å². The molecule has 0 saturated heterocycles. The monoisotopic (exact) mass is 355 g/mol. The highest BCUT2D eigenvalue weighted by Gasteiger charge is 2.37. The fraction of sp³-hybridized carbons (Fsp3) is 0.500. The van der Waals surface area contributed by atoms with Gasteiger partial charge < -0.3 is 10.1 Å². The number of ether oxygens (including phenoxy) is 1. The van der Waals surface area contributed by atoms with Crippen LogP contribution in [-0.2, 0) is 26.1 Å². The molecule has 1 aliphatic rings. The Bertz CT molecular complexity index is 782. The maximum atomic E-state index is 12.6. The van der Waals surface area contributed by atoms with Crippen LogP contribution in [0, 0.1) is 5.41 Å². The molecule has 1 aromatic rings. The van der Waals surface area contributed by atoms with E-state index in [0.717, 1.165) is 0 Å². The molecule has 2 rings (SSSR count). The Hall–Kier alpha value is -1.93. The lowest BCUT2D eigenvalue weighted by atomic mass is 9.80. The third-order valence-electron chi connectivity index (χ3n) is 3.93. The molecule has 1 aliphatic heterocycles. The molecular weight excluding hydrogens is 334 g/mol. The molecule has 0 aromatic heterocycles. The standard InChI is InChI=1S/C16H21NO6S/c1-4-23-13(18)6-5-10-7-11-14(12(8-10)24(20,21)22)17-9-16(2,3)15(11)19/h7-8,17H,4-6,9H2,1-3H3,(H,20,21,22). The average molecular weight is 355 g/mol. The van der Waals surface area contributed by atoms with Crippen molar-refractivity contribution in [2.45, 2.75) is 38.5 Å². The molecule has 2 N–H and O–H groups in total. The molecule has 1 aromatic carbocycles. The first kappa shape index (κ1) is 18.4. The van der Waals surface area contributed by atoms with Crippen LogP contribution >= 0.6 is 0 Å². The Morgan fingerprint density at radius 2 is 2.04 bits per heavy atom. The minimum atomic E-state index is -4.51. The third-order valence-corrected chi connectivity index (χ3v) is 4.81. The van der Waals surface area contributed by atoms with Crippen molar-refractivity contribution >= 4 is 27.6 Å². The fourth-order valence-corrected chi connectivity index (χ4v) is 3.36. The second-order valence-electron chi connectivity index (χ2n) is 6.36. The molecule has 0 aliphatic carbocycles. The Kier molecular flexibility index (Phi) is 5.00. The number of anilines is 1. The van der Waals surface area contributed by atoms with Gasteiger partial charge in [-0.2, -0.15) is 8.42 Å². The van der Waals surface area contributed by atoms with Gasteiger partial charge in [0.2, 0.25) is 0 Å². The number of hydrogen-bond acceptors (Lipinski definition) is 6. The van der Waals surface area contributed by atoms with E-state index in [0.29, 0.717) is 5.56 Å². The average Bonchev–Trinajstić information content (AvgIpc) is 2.48. The molecule has 24 heavy (non-hydrogen) atoms. The van der Waals surface area contributed by atoms with E-state index in [1.54, 1.807) is 26.8 Å². The lowest BCUT2D eigenvalue weighted by Gasteiger charge is -2.32. The SMILES string of the molecule is CCOC(=O)CCc1cc2c(c(S(=O)(=O)O)c1)NCC(C)(C)C2=O. The van der Waals surface area contributed by atoms with Crippen LogP contribution in [0.25, 0.3) is 0 Å². The number of benzene rings is 1. The van der Waals surface area contributed by atoms with Gasteiger partial charge in [0.15, 0.2) is 5.78 Å². The van der Waals surface area contributed by atoms with Crippen molar-refractivity contribution in [3.8, 4) is 0 Å². The summed E-state index contributed by atoms with van der Waals surface area (Å²) in [6, 6.07) is 2.85. The predicted molar refractivity (Wildman–Crippen MR) is 87.8 cm³/mol. The number of carbonyl (C=O) groups excluding carboxylic acids is 2. The van der Waals surface area contributed by atoms with E-state index in [4.69, 9.17) is 4.74 Å². The third kappa shape index (κ3) is 3.76. The molecule has 0 radical (unpaired) electrons. The van der Waals surface area contributed by atoms with Crippen molar-refractivity contribution in [3.63, 3.8) is 0 Å². The molecule has 0 fully saturated rings. The van der Waals surface area contributed by atoms with Crippen LogP contribution in [-0.4, -0.2) is 37.9 Å². The number of esters is 1. The van der Waals surface area contributed by atoms with Crippen LogP contribution in [0.4, 0.5) is 5.69 Å². The van der Waals surface area contributed by atoms with Crippen molar-refractivity contribution in [2.24, 2.45) is 5.41 Å².